The van der Waals surface area contributed by atoms with Crippen molar-refractivity contribution in [2.45, 2.75) is 11.7 Å². The van der Waals surface area contributed by atoms with Gasteiger partial charge in [0.15, 0.2) is 11.5 Å². The molecule has 0 atom stereocenters. The minimum Gasteiger partial charge on any atom is -1.00 e. The maximum absolute atomic E-state index is 5.41. The number of nitrogens with one attached hydrogen (secondary N) is 1. The first kappa shape index (κ1) is 20.3. The number of methoxy groups -OCH3 is 3. The van der Waals surface area contributed by atoms with Crippen LogP contribution < -0.4 is 31.9 Å². The molecule has 2 aromatic rings. The smallest absolute Gasteiger partial charge is 0.209 e. The molecule has 0 spiro atoms. The molecule has 24 heavy (non-hydrogen) atoms. The van der Waals surface area contributed by atoms with Gasteiger partial charge in [0.2, 0.25) is 5.16 Å². The van der Waals surface area contributed by atoms with Gasteiger partial charge in [-0.2, -0.15) is 0 Å². The van der Waals surface area contributed by atoms with Crippen LogP contribution in [0.3, 0.4) is 0 Å². The predicted molar refractivity (Wildman–Crippen MR) is 87.3 cm³/mol. The zero-order valence-corrected chi connectivity index (χ0v) is 15.6. The highest BCUT2D eigenvalue weighted by Crippen LogP contribution is 2.34. The summed E-state index contributed by atoms with van der Waals surface area (Å²) in [6, 6.07) is 3.75. The number of aromatic nitrogens is 4. The van der Waals surface area contributed by atoms with Gasteiger partial charge in [0.1, 0.15) is 5.75 Å². The van der Waals surface area contributed by atoms with E-state index in [-0.39, 0.29) is 12.4 Å². The van der Waals surface area contributed by atoms with E-state index in [1.807, 2.05) is 19.2 Å². The molecule has 1 heterocycles. The first-order valence-corrected chi connectivity index (χ1v) is 8.03. The minimum atomic E-state index is 0. The molecule has 0 aliphatic carbocycles. The van der Waals surface area contributed by atoms with Crippen LogP contribution in [0.25, 0.3) is 0 Å². The molecule has 0 fully saturated rings. The fourth-order valence-corrected chi connectivity index (χ4v) is 2.76. The minimum absolute atomic E-state index is 0. The second-order valence-electron chi connectivity index (χ2n) is 4.63. The van der Waals surface area contributed by atoms with Crippen LogP contribution in [0.1, 0.15) is 5.56 Å². The highest BCUT2D eigenvalue weighted by atomic mass is 35.5. The molecule has 10 heteroatoms. The Morgan fingerprint density at radius 2 is 1.75 bits per heavy atom. The number of rotatable bonds is 9. The van der Waals surface area contributed by atoms with E-state index in [0.29, 0.717) is 18.0 Å². The molecule has 1 N–H and O–H groups in total. The number of benzene rings is 1. The van der Waals surface area contributed by atoms with E-state index in [1.54, 1.807) is 37.8 Å². The third kappa shape index (κ3) is 5.15. The molecule has 0 bridgehead atoms. The number of nitrogens with zero attached hydrogens (tertiary/aromatic N) is 4. The third-order valence-electron chi connectivity index (χ3n) is 3.19. The van der Waals surface area contributed by atoms with E-state index < -0.39 is 0 Å². The molecular weight excluding hydrogens is 354 g/mol. The van der Waals surface area contributed by atoms with Crippen molar-refractivity contribution in [1.29, 1.82) is 0 Å². The SMILES string of the molecule is COc1cc(OC)c(OC)cc1CNCCSc1nnnn1C.[Cl-]. The third-order valence-corrected chi connectivity index (χ3v) is 4.21. The molecule has 134 valence electrons. The monoisotopic (exact) mass is 374 g/mol. The van der Waals surface area contributed by atoms with Gasteiger partial charge in [-0.25, -0.2) is 4.68 Å². The van der Waals surface area contributed by atoms with Crippen molar-refractivity contribution in [1.82, 2.24) is 25.5 Å². The van der Waals surface area contributed by atoms with Crippen molar-refractivity contribution in [3.63, 3.8) is 0 Å². The van der Waals surface area contributed by atoms with Crippen molar-refractivity contribution in [3.05, 3.63) is 17.7 Å². The molecule has 0 saturated carbocycles. The van der Waals surface area contributed by atoms with Gasteiger partial charge in [-0.05, 0) is 16.5 Å². The fourth-order valence-electron chi connectivity index (χ4n) is 2.01. The van der Waals surface area contributed by atoms with Crippen LogP contribution in [-0.4, -0.2) is 53.8 Å². The number of ether oxygens (including phenoxy) is 3. The van der Waals surface area contributed by atoms with Gasteiger partial charge >= 0.3 is 0 Å². The first-order chi connectivity index (χ1) is 11.2. The maximum Gasteiger partial charge on any atom is 0.209 e. The Morgan fingerprint density at radius 3 is 2.33 bits per heavy atom. The number of tetrazole rings is 1. The summed E-state index contributed by atoms with van der Waals surface area (Å²) in [6.45, 7) is 1.48. The molecule has 0 aliphatic rings. The Bertz CT molecular complexity index is 641. The summed E-state index contributed by atoms with van der Waals surface area (Å²) in [5, 5.41) is 15.5. The number of hydrogen-bond acceptors (Lipinski definition) is 8. The van der Waals surface area contributed by atoms with Crippen molar-refractivity contribution >= 4 is 11.8 Å². The fraction of sp³-hybridized carbons (Fsp3) is 0.500. The highest BCUT2D eigenvalue weighted by Gasteiger charge is 2.11. The van der Waals surface area contributed by atoms with E-state index in [4.69, 9.17) is 14.2 Å². The lowest BCUT2D eigenvalue weighted by atomic mass is 10.1. The lowest BCUT2D eigenvalue weighted by Crippen LogP contribution is -3.00. The lowest BCUT2D eigenvalue weighted by molar-refractivity contribution is -0.00000583. The van der Waals surface area contributed by atoms with Crippen LogP contribution in [-0.2, 0) is 13.6 Å². The summed E-state index contributed by atoms with van der Waals surface area (Å²) < 4.78 is 17.7. The molecule has 8 nitrogen and oxygen atoms in total. The lowest BCUT2D eigenvalue weighted by Gasteiger charge is -2.14. The standard InChI is InChI=1S/C14H21N5O3S.ClH/c1-19-14(16-17-18-19)23-6-5-15-9-10-7-12(21-3)13(22-4)8-11(10)20-2;/h7-8,15H,5-6,9H2,1-4H3;1H/p-1. The Balaban J connectivity index is 0.00000288. The molecule has 0 unspecified atom stereocenters. The second kappa shape index (κ2) is 10.2. The topological polar surface area (TPSA) is 83.3 Å². The zero-order valence-electron chi connectivity index (χ0n) is 14.1. The second-order valence-corrected chi connectivity index (χ2v) is 5.69. The Morgan fingerprint density at radius 1 is 1.08 bits per heavy atom. The van der Waals surface area contributed by atoms with Crippen molar-refractivity contribution in [2.75, 3.05) is 33.6 Å². The van der Waals surface area contributed by atoms with Gasteiger partial charge in [0.25, 0.3) is 0 Å². The Labute approximate surface area is 151 Å². The number of hydrogen-bond donors (Lipinski definition) is 1. The summed E-state index contributed by atoms with van der Waals surface area (Å²) in [6.07, 6.45) is 0. The van der Waals surface area contributed by atoms with Crippen LogP contribution in [0.4, 0.5) is 0 Å². The van der Waals surface area contributed by atoms with Crippen molar-refractivity contribution in [3.8, 4) is 17.2 Å². The quantitative estimate of drug-likeness (QED) is 0.403. The van der Waals surface area contributed by atoms with Crippen molar-refractivity contribution < 1.29 is 26.6 Å². The molecule has 2 rings (SSSR count). The Hall–Kier alpha value is -1.71. The largest absolute Gasteiger partial charge is 1.00 e. The average Bonchev–Trinajstić information content (AvgIpc) is 2.98. The van der Waals surface area contributed by atoms with E-state index in [0.717, 1.165) is 28.8 Å². The summed E-state index contributed by atoms with van der Waals surface area (Å²) in [5.74, 6) is 2.97. The average molecular weight is 375 g/mol. The number of halogens is 1. The molecule has 1 aromatic carbocycles. The summed E-state index contributed by atoms with van der Waals surface area (Å²) in [7, 11) is 6.69. The number of aryl methyl sites for hydroxylation is 1. The van der Waals surface area contributed by atoms with Crippen LogP contribution in [0, 0.1) is 0 Å². The van der Waals surface area contributed by atoms with Crippen LogP contribution >= 0.6 is 11.8 Å². The van der Waals surface area contributed by atoms with Gasteiger partial charge in [-0.1, -0.05) is 11.8 Å². The number of thioether (sulfide) groups is 1. The van der Waals surface area contributed by atoms with Gasteiger partial charge < -0.3 is 31.9 Å². The van der Waals surface area contributed by atoms with Gasteiger partial charge in [-0.3, -0.25) is 0 Å². The highest BCUT2D eigenvalue weighted by molar-refractivity contribution is 7.99. The summed E-state index contributed by atoms with van der Waals surface area (Å²) >= 11 is 1.60. The summed E-state index contributed by atoms with van der Waals surface area (Å²) in [5.41, 5.74) is 1.01. The maximum atomic E-state index is 5.41. The van der Waals surface area contributed by atoms with Gasteiger partial charge in [0, 0.05) is 37.5 Å². The first-order valence-electron chi connectivity index (χ1n) is 7.04. The van der Waals surface area contributed by atoms with Crippen molar-refractivity contribution in [2.24, 2.45) is 7.05 Å². The van der Waals surface area contributed by atoms with E-state index in [2.05, 4.69) is 20.8 Å². The molecule has 0 saturated heterocycles. The molecule has 0 radical (unpaired) electrons. The van der Waals surface area contributed by atoms with Gasteiger partial charge in [0.05, 0.1) is 21.3 Å². The van der Waals surface area contributed by atoms with Crippen LogP contribution in [0.5, 0.6) is 17.2 Å². The van der Waals surface area contributed by atoms with Crippen LogP contribution in [0.2, 0.25) is 0 Å². The van der Waals surface area contributed by atoms with E-state index in [9.17, 15) is 0 Å². The molecule has 0 aliphatic heterocycles. The normalized spacial score (nSPS) is 10.2. The van der Waals surface area contributed by atoms with E-state index >= 15 is 0 Å². The molecular formula is C14H21ClN5O3S-. The van der Waals surface area contributed by atoms with Gasteiger partial charge in [-0.15, -0.1) is 5.10 Å². The summed E-state index contributed by atoms with van der Waals surface area (Å²) in [4.78, 5) is 0. The molecule has 0 amide bonds. The molecule has 1 aromatic heterocycles. The predicted octanol–water partition coefficient (Wildman–Crippen LogP) is -1.88. The Kier molecular flexibility index (Phi) is 8.66. The van der Waals surface area contributed by atoms with Crippen LogP contribution in [0.15, 0.2) is 17.3 Å². The van der Waals surface area contributed by atoms with E-state index in [1.165, 1.54) is 0 Å². The zero-order chi connectivity index (χ0) is 16.7.